The molecule has 0 saturated carbocycles. The summed E-state index contributed by atoms with van der Waals surface area (Å²) in [4.78, 5) is 17.5. The van der Waals surface area contributed by atoms with Crippen LogP contribution in [0.2, 0.25) is 0 Å². The molecule has 2 aromatic carbocycles. The van der Waals surface area contributed by atoms with Gasteiger partial charge < -0.3 is 28.7 Å². The van der Waals surface area contributed by atoms with Crippen LogP contribution in [0.5, 0.6) is 11.5 Å². The van der Waals surface area contributed by atoms with E-state index in [0.29, 0.717) is 50.0 Å². The molecule has 7 nitrogen and oxygen atoms in total. The van der Waals surface area contributed by atoms with Gasteiger partial charge in [-0.2, -0.15) is 0 Å². The number of piperidine rings is 1. The third-order valence-corrected chi connectivity index (χ3v) is 6.35. The van der Waals surface area contributed by atoms with Crippen molar-refractivity contribution in [3.8, 4) is 11.5 Å². The summed E-state index contributed by atoms with van der Waals surface area (Å²) in [5.74, 6) is 1.35. The predicted octanol–water partition coefficient (Wildman–Crippen LogP) is 3.95. The number of carbonyl (C=O) groups is 1. The molecule has 8 heteroatoms. The minimum Gasteiger partial charge on any atom is -0.493 e. The van der Waals surface area contributed by atoms with E-state index in [9.17, 15) is 4.79 Å². The second-order valence-electron chi connectivity index (χ2n) is 9.58. The molecule has 0 bridgehead atoms. The van der Waals surface area contributed by atoms with Gasteiger partial charge in [-0.25, -0.2) is 0 Å². The van der Waals surface area contributed by atoms with Crippen molar-refractivity contribution in [1.29, 1.82) is 0 Å². The Bertz CT molecular complexity index is 943. The lowest BCUT2D eigenvalue weighted by atomic mass is 9.90. The molecule has 3 rings (SSSR count). The molecule has 2 aromatic rings. The summed E-state index contributed by atoms with van der Waals surface area (Å²) in [5, 5.41) is 0. The van der Waals surface area contributed by atoms with Crippen molar-refractivity contribution in [3.63, 3.8) is 0 Å². The van der Waals surface area contributed by atoms with E-state index in [0.717, 1.165) is 24.9 Å². The maximum atomic E-state index is 13.7. The number of amides is 1. The van der Waals surface area contributed by atoms with Crippen LogP contribution >= 0.6 is 0 Å². The monoisotopic (exact) mass is 494 g/mol. The number of ether oxygens (including phenoxy) is 4. The van der Waals surface area contributed by atoms with Crippen molar-refractivity contribution < 1.29 is 23.7 Å². The fourth-order valence-corrected chi connectivity index (χ4v) is 4.73. The van der Waals surface area contributed by atoms with Gasteiger partial charge in [0.25, 0.3) is 5.91 Å². The Balaban J connectivity index is 1.69. The van der Waals surface area contributed by atoms with Crippen molar-refractivity contribution in [2.24, 2.45) is 5.92 Å². The van der Waals surface area contributed by atoms with Crippen molar-refractivity contribution in [1.82, 2.24) is 9.71 Å². The zero-order valence-electron chi connectivity index (χ0n) is 22.0. The molecule has 1 amide bonds. The lowest BCUT2D eigenvalue weighted by Gasteiger charge is -2.43. The number of carbonyl (C=O) groups excluding carboxylic acids is 1. The maximum absolute atomic E-state index is 13.7. The fourth-order valence-electron chi connectivity index (χ4n) is 4.73. The first kappa shape index (κ1) is 28.0. The van der Waals surface area contributed by atoms with Crippen molar-refractivity contribution in [2.45, 2.75) is 45.4 Å². The van der Waals surface area contributed by atoms with Crippen LogP contribution in [0.3, 0.4) is 0 Å². The molecule has 1 aliphatic rings. The molecule has 1 saturated heterocycles. The summed E-state index contributed by atoms with van der Waals surface area (Å²) in [6.45, 7) is 7.70. The van der Waals surface area contributed by atoms with Gasteiger partial charge in [0.05, 0.1) is 26.9 Å². The molecule has 1 aliphatic heterocycles. The van der Waals surface area contributed by atoms with E-state index < -0.39 is 0 Å². The Labute approximate surface area is 217 Å². The molecule has 2 unspecified atom stereocenters. The normalized spacial score (nSPS) is 18.2. The van der Waals surface area contributed by atoms with Gasteiger partial charge in [0, 0.05) is 44.3 Å². The number of nitrogens with zero attached hydrogens (tertiary/aromatic N) is 2. The molecule has 1 fully saturated rings. The molecule has 2 radical (unpaired) electrons. The largest absolute Gasteiger partial charge is 0.493 e. The molecule has 194 valence electrons. The van der Waals surface area contributed by atoms with Gasteiger partial charge in [0.1, 0.15) is 0 Å². The summed E-state index contributed by atoms with van der Waals surface area (Å²) in [6.07, 6.45) is 1.58. The molecule has 1 heterocycles. The lowest BCUT2D eigenvalue weighted by Crippen LogP contribution is -2.55. The van der Waals surface area contributed by atoms with Crippen LogP contribution in [0.25, 0.3) is 0 Å². The highest BCUT2D eigenvalue weighted by molar-refractivity contribution is 6.04. The van der Waals surface area contributed by atoms with Crippen molar-refractivity contribution >= 4 is 13.9 Å². The summed E-state index contributed by atoms with van der Waals surface area (Å²) >= 11 is 0. The first-order chi connectivity index (χ1) is 17.4. The Kier molecular flexibility index (Phi) is 11.1. The van der Waals surface area contributed by atoms with Gasteiger partial charge >= 0.3 is 0 Å². The highest BCUT2D eigenvalue weighted by Crippen LogP contribution is 2.30. The molecule has 2 atom stereocenters. The Morgan fingerprint density at radius 1 is 1.08 bits per heavy atom. The van der Waals surface area contributed by atoms with Crippen LogP contribution in [0, 0.1) is 5.92 Å². The molecule has 36 heavy (non-hydrogen) atoms. The third kappa shape index (κ3) is 7.98. The molecule has 0 spiro atoms. The predicted molar refractivity (Wildman–Crippen MR) is 142 cm³/mol. The molecular weight excluding hydrogens is 455 g/mol. The van der Waals surface area contributed by atoms with E-state index in [1.807, 2.05) is 41.8 Å². The Morgan fingerprint density at radius 2 is 1.86 bits per heavy atom. The van der Waals surface area contributed by atoms with Gasteiger partial charge in [-0.3, -0.25) is 4.79 Å². The highest BCUT2D eigenvalue weighted by Gasteiger charge is 2.34. The smallest absolute Gasteiger partial charge is 0.254 e. The molecule has 0 aromatic heterocycles. The van der Waals surface area contributed by atoms with Crippen LogP contribution in [-0.2, 0) is 16.1 Å². The average molecular weight is 494 g/mol. The number of benzene rings is 2. The Hall–Kier alpha value is -2.55. The maximum Gasteiger partial charge on any atom is 0.254 e. The summed E-state index contributed by atoms with van der Waals surface area (Å²) in [7, 11) is 9.56. The topological polar surface area (TPSA) is 60.5 Å². The molecule has 0 N–H and O–H groups in total. The first-order valence-corrected chi connectivity index (χ1v) is 12.7. The zero-order valence-corrected chi connectivity index (χ0v) is 22.0. The van der Waals surface area contributed by atoms with E-state index in [2.05, 4.69) is 12.1 Å². The summed E-state index contributed by atoms with van der Waals surface area (Å²) < 4.78 is 22.4. The number of methoxy groups -OCH3 is 2. The second-order valence-corrected chi connectivity index (χ2v) is 9.58. The second kappa shape index (κ2) is 14.3. The van der Waals surface area contributed by atoms with Crippen LogP contribution in [0.1, 0.15) is 42.6 Å². The average Bonchev–Trinajstić information content (AvgIpc) is 2.86. The van der Waals surface area contributed by atoms with E-state index in [1.54, 1.807) is 32.4 Å². The zero-order chi connectivity index (χ0) is 25.9. The van der Waals surface area contributed by atoms with Crippen molar-refractivity contribution in [3.05, 3.63) is 59.7 Å². The van der Waals surface area contributed by atoms with Crippen LogP contribution in [-0.4, -0.2) is 82.8 Å². The van der Waals surface area contributed by atoms with Crippen LogP contribution < -0.4 is 9.47 Å². The van der Waals surface area contributed by atoms with Crippen LogP contribution in [0.4, 0.5) is 0 Å². The highest BCUT2D eigenvalue weighted by atomic mass is 16.5. The fraction of sp³-hybridized carbons (Fsp3) is 0.536. The van der Waals surface area contributed by atoms with Gasteiger partial charge in [0.15, 0.2) is 19.5 Å². The minimum atomic E-state index is -0.0429. The van der Waals surface area contributed by atoms with E-state index in [4.69, 9.17) is 26.9 Å². The first-order valence-electron chi connectivity index (χ1n) is 12.7. The standard InChI is InChI=1S/C28H39BN2O5/c1-21(2)31(28(32)24-11-12-26(34-4)27(16-24)36-14-8-13-33-3)25-15-23(17-30(29)18-25)20-35-19-22-9-6-5-7-10-22/h5-7,9-12,16,21,23,25H,8,13-15,17-20H2,1-4H3. The minimum absolute atomic E-state index is 0.00746. The van der Waals surface area contributed by atoms with Gasteiger partial charge in [-0.1, -0.05) is 30.3 Å². The van der Waals surface area contributed by atoms with Gasteiger partial charge in [-0.05, 0) is 56.5 Å². The number of hydrogen-bond acceptors (Lipinski definition) is 6. The lowest BCUT2D eigenvalue weighted by molar-refractivity contribution is 0.0246. The SMILES string of the molecule is [B]N1CC(COCc2ccccc2)CC(N(C(=O)c2ccc(OC)c(OCCCOC)c2)C(C)C)C1. The van der Waals surface area contributed by atoms with E-state index >= 15 is 0 Å². The quantitative estimate of drug-likeness (QED) is 0.311. The van der Waals surface area contributed by atoms with Gasteiger partial charge in [-0.15, -0.1) is 0 Å². The Morgan fingerprint density at radius 3 is 2.56 bits per heavy atom. The molecule has 0 aliphatic carbocycles. The van der Waals surface area contributed by atoms with Crippen molar-refractivity contribution in [2.75, 3.05) is 47.1 Å². The summed E-state index contributed by atoms with van der Waals surface area (Å²) in [6, 6.07) is 15.5. The van der Waals surface area contributed by atoms with E-state index in [1.165, 1.54) is 0 Å². The number of rotatable bonds is 13. The van der Waals surface area contributed by atoms with Gasteiger partial charge in [0.2, 0.25) is 0 Å². The molecular formula is C28H39BN2O5. The number of hydrogen-bond donors (Lipinski definition) is 0. The third-order valence-electron chi connectivity index (χ3n) is 6.35. The van der Waals surface area contributed by atoms with Crippen LogP contribution in [0.15, 0.2) is 48.5 Å². The van der Waals surface area contributed by atoms with E-state index in [-0.39, 0.29) is 23.9 Å². The summed E-state index contributed by atoms with van der Waals surface area (Å²) in [5.41, 5.74) is 1.71.